The molecule has 3 aromatic rings. The van der Waals surface area contributed by atoms with Crippen molar-refractivity contribution < 1.29 is 17.6 Å². The first-order valence-corrected chi connectivity index (χ1v) is 8.53. The van der Waals surface area contributed by atoms with E-state index >= 15 is 0 Å². The maximum absolute atomic E-state index is 14.3. The number of aromatic nitrogens is 2. The number of halogens is 4. The van der Waals surface area contributed by atoms with Crippen LogP contribution in [-0.2, 0) is 19.3 Å². The zero-order chi connectivity index (χ0) is 20.1. The van der Waals surface area contributed by atoms with Gasteiger partial charge in [-0.3, -0.25) is 15.3 Å². The van der Waals surface area contributed by atoms with Gasteiger partial charge >= 0.3 is 6.18 Å². The van der Waals surface area contributed by atoms with Crippen molar-refractivity contribution >= 4 is 0 Å². The third-order valence-corrected chi connectivity index (χ3v) is 4.24. The SMILES string of the molecule is NCc1ccc(CN[C@@H](c2ccc(C(F)(F)F)cc2)c2ncccc2F)nc1. The Balaban J connectivity index is 1.88. The van der Waals surface area contributed by atoms with Gasteiger partial charge in [-0.1, -0.05) is 18.2 Å². The zero-order valence-electron chi connectivity index (χ0n) is 14.7. The Hall–Kier alpha value is -2.84. The third-order valence-electron chi connectivity index (χ3n) is 4.24. The molecule has 0 spiro atoms. The number of benzene rings is 1. The highest BCUT2D eigenvalue weighted by atomic mass is 19.4. The number of pyridine rings is 2. The van der Waals surface area contributed by atoms with Crippen molar-refractivity contribution in [3.8, 4) is 0 Å². The van der Waals surface area contributed by atoms with Crippen LogP contribution in [0, 0.1) is 5.82 Å². The van der Waals surface area contributed by atoms with Crippen LogP contribution in [0.2, 0.25) is 0 Å². The molecule has 1 atom stereocenters. The highest BCUT2D eigenvalue weighted by molar-refractivity contribution is 5.32. The summed E-state index contributed by atoms with van der Waals surface area (Å²) in [5.41, 5.74) is 6.90. The van der Waals surface area contributed by atoms with Gasteiger partial charge < -0.3 is 5.73 Å². The Labute approximate surface area is 159 Å². The number of hydrogen-bond donors (Lipinski definition) is 2. The lowest BCUT2D eigenvalue weighted by molar-refractivity contribution is -0.137. The monoisotopic (exact) mass is 390 g/mol. The molecule has 3 N–H and O–H groups in total. The summed E-state index contributed by atoms with van der Waals surface area (Å²) in [7, 11) is 0. The minimum atomic E-state index is -4.44. The predicted octanol–water partition coefficient (Wildman–Crippen LogP) is 3.97. The van der Waals surface area contributed by atoms with Crippen molar-refractivity contribution in [2.24, 2.45) is 5.73 Å². The van der Waals surface area contributed by atoms with Crippen LogP contribution in [0.25, 0.3) is 0 Å². The summed E-state index contributed by atoms with van der Waals surface area (Å²) in [6.07, 6.45) is -1.36. The molecule has 0 amide bonds. The predicted molar refractivity (Wildman–Crippen MR) is 96.5 cm³/mol. The van der Waals surface area contributed by atoms with E-state index in [1.165, 1.54) is 30.5 Å². The molecule has 2 aromatic heterocycles. The molecule has 146 valence electrons. The number of nitrogens with one attached hydrogen (secondary N) is 1. The molecule has 0 fully saturated rings. The van der Waals surface area contributed by atoms with E-state index in [2.05, 4.69) is 15.3 Å². The van der Waals surface area contributed by atoms with Gasteiger partial charge in [-0.25, -0.2) is 4.39 Å². The molecule has 0 radical (unpaired) electrons. The van der Waals surface area contributed by atoms with Crippen molar-refractivity contribution in [3.05, 3.63) is 94.8 Å². The number of alkyl halides is 3. The summed E-state index contributed by atoms with van der Waals surface area (Å²) in [5.74, 6) is -0.550. The molecular formula is C20H18F4N4. The largest absolute Gasteiger partial charge is 0.416 e. The van der Waals surface area contributed by atoms with E-state index in [0.717, 1.165) is 17.7 Å². The molecule has 2 heterocycles. The second-order valence-corrected chi connectivity index (χ2v) is 6.17. The summed E-state index contributed by atoms with van der Waals surface area (Å²) in [6.45, 7) is 0.639. The summed E-state index contributed by atoms with van der Waals surface area (Å²) in [6, 6.07) is 10.2. The van der Waals surface area contributed by atoms with Crippen molar-refractivity contribution in [2.45, 2.75) is 25.3 Å². The normalized spacial score (nSPS) is 12.8. The summed E-state index contributed by atoms with van der Waals surface area (Å²) < 4.78 is 52.8. The molecule has 4 nitrogen and oxygen atoms in total. The van der Waals surface area contributed by atoms with Gasteiger partial charge in [0.25, 0.3) is 0 Å². The van der Waals surface area contributed by atoms with Crippen LogP contribution < -0.4 is 11.1 Å². The van der Waals surface area contributed by atoms with Crippen LogP contribution in [0.15, 0.2) is 60.9 Å². The highest BCUT2D eigenvalue weighted by Crippen LogP contribution is 2.31. The van der Waals surface area contributed by atoms with Crippen molar-refractivity contribution in [3.63, 3.8) is 0 Å². The average molecular weight is 390 g/mol. The van der Waals surface area contributed by atoms with Crippen molar-refractivity contribution in [1.82, 2.24) is 15.3 Å². The molecule has 0 unspecified atom stereocenters. The zero-order valence-corrected chi connectivity index (χ0v) is 14.7. The van der Waals surface area contributed by atoms with E-state index in [1.54, 1.807) is 12.3 Å². The Bertz CT molecular complexity index is 909. The van der Waals surface area contributed by atoms with Gasteiger partial charge in [0.1, 0.15) is 5.82 Å². The van der Waals surface area contributed by atoms with E-state index in [-0.39, 0.29) is 12.2 Å². The molecule has 1 aromatic carbocycles. The molecule has 28 heavy (non-hydrogen) atoms. The molecule has 0 aliphatic rings. The third kappa shape index (κ3) is 4.71. The molecule has 0 aliphatic carbocycles. The highest BCUT2D eigenvalue weighted by Gasteiger charge is 2.30. The Kier molecular flexibility index (Phi) is 6.01. The van der Waals surface area contributed by atoms with Gasteiger partial charge in [-0.15, -0.1) is 0 Å². The van der Waals surface area contributed by atoms with Gasteiger partial charge in [0.15, 0.2) is 0 Å². The maximum atomic E-state index is 14.3. The minimum Gasteiger partial charge on any atom is -0.326 e. The lowest BCUT2D eigenvalue weighted by Gasteiger charge is -2.20. The first kappa shape index (κ1) is 19.9. The first-order chi connectivity index (χ1) is 13.4. The first-order valence-electron chi connectivity index (χ1n) is 8.53. The number of nitrogens with zero attached hydrogens (tertiary/aromatic N) is 2. The quantitative estimate of drug-likeness (QED) is 0.625. The minimum absolute atomic E-state index is 0.0980. The van der Waals surface area contributed by atoms with Gasteiger partial charge in [0.05, 0.1) is 23.0 Å². The molecule has 0 saturated carbocycles. The summed E-state index contributed by atoms with van der Waals surface area (Å²) in [4.78, 5) is 8.34. The Morgan fingerprint density at radius 3 is 2.32 bits per heavy atom. The van der Waals surface area contributed by atoms with Crippen LogP contribution in [0.1, 0.15) is 34.1 Å². The second kappa shape index (κ2) is 8.45. The van der Waals surface area contributed by atoms with E-state index in [9.17, 15) is 17.6 Å². The van der Waals surface area contributed by atoms with Crippen molar-refractivity contribution in [2.75, 3.05) is 0 Å². The van der Waals surface area contributed by atoms with Gasteiger partial charge in [-0.2, -0.15) is 13.2 Å². The second-order valence-electron chi connectivity index (χ2n) is 6.17. The molecule has 0 bridgehead atoms. The van der Waals surface area contributed by atoms with Crippen LogP contribution in [-0.4, -0.2) is 9.97 Å². The lowest BCUT2D eigenvalue weighted by atomic mass is 10.0. The lowest BCUT2D eigenvalue weighted by Crippen LogP contribution is -2.24. The fraction of sp³-hybridized carbons (Fsp3) is 0.200. The van der Waals surface area contributed by atoms with Crippen LogP contribution in [0.3, 0.4) is 0 Å². The van der Waals surface area contributed by atoms with Gasteiger partial charge in [0.2, 0.25) is 0 Å². The summed E-state index contributed by atoms with van der Waals surface area (Å²) in [5, 5.41) is 3.13. The maximum Gasteiger partial charge on any atom is 0.416 e. The molecule has 0 aliphatic heterocycles. The molecular weight excluding hydrogens is 372 g/mol. The van der Waals surface area contributed by atoms with Crippen LogP contribution in [0.4, 0.5) is 17.6 Å². The van der Waals surface area contributed by atoms with E-state index in [4.69, 9.17) is 5.73 Å². The van der Waals surface area contributed by atoms with Gasteiger partial charge in [0, 0.05) is 25.5 Å². The smallest absolute Gasteiger partial charge is 0.326 e. The molecule has 0 saturated heterocycles. The van der Waals surface area contributed by atoms with E-state index in [1.807, 2.05) is 6.07 Å². The standard InChI is InChI=1S/C20H18F4N4/c21-17-2-1-9-26-19(17)18(14-4-6-15(7-5-14)20(22,23)24)28-12-16-8-3-13(10-25)11-27-16/h1-9,11,18,28H,10,12,25H2/t18-/m0/s1. The van der Waals surface area contributed by atoms with E-state index < -0.39 is 23.6 Å². The average Bonchev–Trinajstić information content (AvgIpc) is 2.69. The summed E-state index contributed by atoms with van der Waals surface area (Å²) >= 11 is 0. The fourth-order valence-corrected chi connectivity index (χ4v) is 2.73. The van der Waals surface area contributed by atoms with E-state index in [0.29, 0.717) is 17.8 Å². The number of nitrogens with two attached hydrogens (primary N) is 1. The number of rotatable bonds is 6. The Morgan fingerprint density at radius 1 is 1.00 bits per heavy atom. The van der Waals surface area contributed by atoms with Crippen LogP contribution in [0.5, 0.6) is 0 Å². The fourth-order valence-electron chi connectivity index (χ4n) is 2.73. The topological polar surface area (TPSA) is 63.8 Å². The molecule has 3 rings (SSSR count). The van der Waals surface area contributed by atoms with Crippen LogP contribution >= 0.6 is 0 Å². The Morgan fingerprint density at radius 2 is 1.75 bits per heavy atom. The van der Waals surface area contributed by atoms with Crippen molar-refractivity contribution in [1.29, 1.82) is 0 Å². The van der Waals surface area contributed by atoms with Gasteiger partial charge in [-0.05, 0) is 41.5 Å². The molecule has 8 heteroatoms. The number of hydrogen-bond acceptors (Lipinski definition) is 4.